The highest BCUT2D eigenvalue weighted by Gasteiger charge is 2.20. The predicted octanol–water partition coefficient (Wildman–Crippen LogP) is 5.01. The molecule has 0 radical (unpaired) electrons. The molecule has 0 aliphatic carbocycles. The number of halogens is 1. The van der Waals surface area contributed by atoms with Crippen LogP contribution in [0.25, 0.3) is 17.1 Å². The van der Waals surface area contributed by atoms with E-state index in [2.05, 4.69) is 15.5 Å². The lowest BCUT2D eigenvalue weighted by Gasteiger charge is -2.11. The Morgan fingerprint density at radius 1 is 1.10 bits per heavy atom. The molecule has 0 atom stereocenters. The lowest BCUT2D eigenvalue weighted by molar-refractivity contribution is -0.113. The molecule has 0 saturated heterocycles. The number of thioether (sulfide) groups is 1. The number of furan rings is 1. The zero-order chi connectivity index (χ0) is 21.1. The van der Waals surface area contributed by atoms with Crippen molar-refractivity contribution in [3.05, 3.63) is 78.0 Å². The van der Waals surface area contributed by atoms with Gasteiger partial charge in [0.25, 0.3) is 0 Å². The van der Waals surface area contributed by atoms with Crippen molar-refractivity contribution < 1.29 is 13.6 Å². The van der Waals surface area contributed by atoms with Gasteiger partial charge in [-0.1, -0.05) is 30.0 Å². The van der Waals surface area contributed by atoms with E-state index in [1.54, 1.807) is 29.0 Å². The van der Waals surface area contributed by atoms with E-state index in [1.165, 1.54) is 23.9 Å². The van der Waals surface area contributed by atoms with Crippen LogP contribution in [0, 0.1) is 19.7 Å². The Bertz CT molecular complexity index is 1180. The highest BCUT2D eigenvalue weighted by atomic mass is 32.2. The smallest absolute Gasteiger partial charge is 0.234 e. The van der Waals surface area contributed by atoms with Gasteiger partial charge in [-0.3, -0.25) is 9.36 Å². The summed E-state index contributed by atoms with van der Waals surface area (Å²) in [5.74, 6) is 0.927. The number of anilines is 1. The molecule has 1 N–H and O–H groups in total. The van der Waals surface area contributed by atoms with Gasteiger partial charge in [0, 0.05) is 11.4 Å². The number of rotatable bonds is 6. The van der Waals surface area contributed by atoms with Gasteiger partial charge >= 0.3 is 0 Å². The molecule has 30 heavy (non-hydrogen) atoms. The summed E-state index contributed by atoms with van der Waals surface area (Å²) in [6.07, 6.45) is 1.58. The van der Waals surface area contributed by atoms with Crippen molar-refractivity contribution in [2.24, 2.45) is 0 Å². The number of para-hydroxylation sites is 1. The van der Waals surface area contributed by atoms with Gasteiger partial charge in [0.15, 0.2) is 11.0 Å². The van der Waals surface area contributed by atoms with E-state index in [0.717, 1.165) is 16.8 Å². The van der Waals surface area contributed by atoms with Crippen molar-refractivity contribution in [3.63, 3.8) is 0 Å². The molecule has 8 heteroatoms. The summed E-state index contributed by atoms with van der Waals surface area (Å²) in [5, 5.41) is 12.0. The van der Waals surface area contributed by atoms with E-state index < -0.39 is 0 Å². The quantitative estimate of drug-likeness (QED) is 0.442. The van der Waals surface area contributed by atoms with Gasteiger partial charge in [-0.05, 0) is 55.8 Å². The number of hydrogen-bond donors (Lipinski definition) is 1. The Hall–Kier alpha value is -3.39. The molecule has 2 heterocycles. The Morgan fingerprint density at radius 3 is 2.57 bits per heavy atom. The van der Waals surface area contributed by atoms with Crippen LogP contribution in [-0.2, 0) is 4.79 Å². The largest absolute Gasteiger partial charge is 0.469 e. The van der Waals surface area contributed by atoms with Crippen LogP contribution < -0.4 is 5.32 Å². The Balaban J connectivity index is 1.61. The van der Waals surface area contributed by atoms with Crippen molar-refractivity contribution >= 4 is 23.4 Å². The standard InChI is InChI=1S/C22H19FN4O2S/c1-14-5-3-4-6-19(14)24-20(28)13-30-22-26-25-21(18-11-12-29-15(18)2)27(22)17-9-7-16(23)8-10-17/h3-12H,13H2,1-2H3,(H,24,28). The molecule has 0 aliphatic rings. The third kappa shape index (κ3) is 4.13. The monoisotopic (exact) mass is 422 g/mol. The molecule has 0 bridgehead atoms. The average molecular weight is 422 g/mol. The summed E-state index contributed by atoms with van der Waals surface area (Å²) in [6.45, 7) is 3.77. The molecular weight excluding hydrogens is 403 g/mol. The summed E-state index contributed by atoms with van der Waals surface area (Å²) >= 11 is 1.26. The number of carbonyl (C=O) groups excluding carboxylic acids is 1. The van der Waals surface area contributed by atoms with E-state index >= 15 is 0 Å². The van der Waals surface area contributed by atoms with Crippen LogP contribution in [0.2, 0.25) is 0 Å². The molecule has 4 rings (SSSR count). The molecular formula is C22H19FN4O2S. The number of aryl methyl sites for hydroxylation is 2. The Labute approximate surface area is 177 Å². The number of amides is 1. The maximum absolute atomic E-state index is 13.4. The maximum atomic E-state index is 13.4. The Kier molecular flexibility index (Phi) is 5.67. The minimum Gasteiger partial charge on any atom is -0.469 e. The van der Waals surface area contributed by atoms with Crippen molar-refractivity contribution in [2.45, 2.75) is 19.0 Å². The summed E-state index contributed by atoms with van der Waals surface area (Å²) in [6, 6.07) is 15.4. The first-order chi connectivity index (χ1) is 14.5. The first-order valence-corrected chi connectivity index (χ1v) is 10.3. The van der Waals surface area contributed by atoms with Crippen molar-refractivity contribution in [3.8, 4) is 17.1 Å². The topological polar surface area (TPSA) is 73.0 Å². The molecule has 0 spiro atoms. The molecule has 0 unspecified atom stereocenters. The van der Waals surface area contributed by atoms with Crippen LogP contribution >= 0.6 is 11.8 Å². The average Bonchev–Trinajstić information content (AvgIpc) is 3.34. The fraction of sp³-hybridized carbons (Fsp3) is 0.136. The van der Waals surface area contributed by atoms with E-state index in [1.807, 2.05) is 38.1 Å². The number of hydrogen-bond acceptors (Lipinski definition) is 5. The SMILES string of the molecule is Cc1ccccc1NC(=O)CSc1nnc(-c2ccoc2C)n1-c1ccc(F)cc1. The molecule has 6 nitrogen and oxygen atoms in total. The number of aromatic nitrogens is 3. The van der Waals surface area contributed by atoms with Crippen molar-refractivity contribution in [1.29, 1.82) is 0 Å². The van der Waals surface area contributed by atoms with Gasteiger partial charge in [0.1, 0.15) is 11.6 Å². The minimum absolute atomic E-state index is 0.149. The van der Waals surface area contributed by atoms with Crippen LogP contribution in [0.4, 0.5) is 10.1 Å². The molecule has 2 aromatic heterocycles. The number of nitrogens with one attached hydrogen (secondary N) is 1. The summed E-state index contributed by atoms with van der Waals surface area (Å²) in [4.78, 5) is 12.5. The predicted molar refractivity (Wildman–Crippen MR) is 114 cm³/mol. The lowest BCUT2D eigenvalue weighted by Crippen LogP contribution is -2.15. The summed E-state index contributed by atoms with van der Waals surface area (Å²) in [5.41, 5.74) is 3.24. The normalized spacial score (nSPS) is 10.9. The second-order valence-corrected chi connectivity index (χ2v) is 7.60. The summed E-state index contributed by atoms with van der Waals surface area (Å²) in [7, 11) is 0. The van der Waals surface area contributed by atoms with Gasteiger partial charge in [-0.2, -0.15) is 0 Å². The molecule has 4 aromatic rings. The Morgan fingerprint density at radius 2 is 1.87 bits per heavy atom. The number of carbonyl (C=O) groups is 1. The summed E-state index contributed by atoms with van der Waals surface area (Å²) < 4.78 is 20.6. The number of benzene rings is 2. The van der Waals surface area contributed by atoms with Crippen molar-refractivity contribution in [2.75, 3.05) is 11.1 Å². The lowest BCUT2D eigenvalue weighted by atomic mass is 10.2. The fourth-order valence-electron chi connectivity index (χ4n) is 3.01. The maximum Gasteiger partial charge on any atom is 0.234 e. The van der Waals surface area contributed by atoms with Crippen LogP contribution in [0.15, 0.2) is 70.4 Å². The fourth-order valence-corrected chi connectivity index (χ4v) is 3.76. The van der Waals surface area contributed by atoms with Gasteiger partial charge in [0.05, 0.1) is 17.6 Å². The molecule has 0 aliphatic heterocycles. The van der Waals surface area contributed by atoms with Crippen LogP contribution in [0.3, 0.4) is 0 Å². The highest BCUT2D eigenvalue weighted by Crippen LogP contribution is 2.30. The molecule has 0 saturated carbocycles. The highest BCUT2D eigenvalue weighted by molar-refractivity contribution is 7.99. The van der Waals surface area contributed by atoms with E-state index in [4.69, 9.17) is 4.42 Å². The second-order valence-electron chi connectivity index (χ2n) is 6.66. The molecule has 1 amide bonds. The van der Waals surface area contributed by atoms with E-state index in [-0.39, 0.29) is 17.5 Å². The van der Waals surface area contributed by atoms with Crippen LogP contribution in [-0.4, -0.2) is 26.4 Å². The zero-order valence-corrected chi connectivity index (χ0v) is 17.2. The molecule has 0 fully saturated rings. The van der Waals surface area contributed by atoms with Gasteiger partial charge in [0.2, 0.25) is 5.91 Å². The van der Waals surface area contributed by atoms with Crippen LogP contribution in [0.5, 0.6) is 0 Å². The van der Waals surface area contributed by atoms with Gasteiger partial charge in [-0.15, -0.1) is 10.2 Å². The first-order valence-electron chi connectivity index (χ1n) is 9.27. The second kappa shape index (κ2) is 8.54. The third-order valence-electron chi connectivity index (χ3n) is 4.57. The van der Waals surface area contributed by atoms with E-state index in [9.17, 15) is 9.18 Å². The minimum atomic E-state index is -0.334. The molecule has 2 aromatic carbocycles. The zero-order valence-electron chi connectivity index (χ0n) is 16.4. The van der Waals surface area contributed by atoms with Crippen LogP contribution in [0.1, 0.15) is 11.3 Å². The van der Waals surface area contributed by atoms with Crippen molar-refractivity contribution in [1.82, 2.24) is 14.8 Å². The van der Waals surface area contributed by atoms with E-state index in [0.29, 0.717) is 22.4 Å². The molecule has 152 valence electrons. The third-order valence-corrected chi connectivity index (χ3v) is 5.50. The number of nitrogens with zero attached hydrogens (tertiary/aromatic N) is 3. The first kappa shape index (κ1) is 19.9. The van der Waals surface area contributed by atoms with Gasteiger partial charge < -0.3 is 9.73 Å². The van der Waals surface area contributed by atoms with Gasteiger partial charge in [-0.25, -0.2) is 4.39 Å².